The summed E-state index contributed by atoms with van der Waals surface area (Å²) in [4.78, 5) is 7.21. The molecule has 4 nitrogen and oxygen atoms in total. The first-order chi connectivity index (χ1) is 9.79. The Morgan fingerprint density at radius 3 is 2.43 bits per heavy atom. The molecule has 2 rings (SSSR count). The maximum atomic E-state index is 13.1. The van der Waals surface area contributed by atoms with Gasteiger partial charge >= 0.3 is 6.18 Å². The first-order valence-electron chi connectivity index (χ1n) is 5.65. The van der Waals surface area contributed by atoms with Crippen LogP contribution in [0.15, 0.2) is 28.7 Å². The highest BCUT2D eigenvalue weighted by Gasteiger charge is 2.33. The zero-order valence-electron chi connectivity index (χ0n) is 10.6. The van der Waals surface area contributed by atoms with E-state index in [-0.39, 0.29) is 16.2 Å². The van der Waals surface area contributed by atoms with Crippen molar-refractivity contribution in [3.8, 4) is 0 Å². The fraction of sp³-hybridized carbons (Fsp3) is 0.167. The summed E-state index contributed by atoms with van der Waals surface area (Å²) in [5.74, 6) is -0.705. The maximum absolute atomic E-state index is 13.1. The van der Waals surface area contributed by atoms with E-state index in [4.69, 9.17) is 0 Å². The summed E-state index contributed by atoms with van der Waals surface area (Å²) < 4.78 is 51.5. The van der Waals surface area contributed by atoms with Crippen molar-refractivity contribution in [3.63, 3.8) is 0 Å². The SMILES string of the molecule is CNc1nc(Nc2ccc(F)c(Br)c2)cc(C(F)(F)F)n1. The molecule has 2 N–H and O–H groups in total. The van der Waals surface area contributed by atoms with Crippen molar-refractivity contribution < 1.29 is 17.6 Å². The second-order valence-electron chi connectivity index (χ2n) is 3.96. The fourth-order valence-electron chi connectivity index (χ4n) is 1.49. The minimum absolute atomic E-state index is 0.0554. The van der Waals surface area contributed by atoms with Crippen molar-refractivity contribution in [3.05, 3.63) is 40.2 Å². The average molecular weight is 365 g/mol. The molecule has 0 aliphatic heterocycles. The Morgan fingerprint density at radius 2 is 1.86 bits per heavy atom. The van der Waals surface area contributed by atoms with Crippen molar-refractivity contribution in [1.29, 1.82) is 0 Å². The molecular weight excluding hydrogens is 356 g/mol. The van der Waals surface area contributed by atoms with E-state index >= 15 is 0 Å². The summed E-state index contributed by atoms with van der Waals surface area (Å²) >= 11 is 2.99. The zero-order chi connectivity index (χ0) is 15.6. The van der Waals surface area contributed by atoms with Gasteiger partial charge in [-0.1, -0.05) is 0 Å². The first-order valence-corrected chi connectivity index (χ1v) is 6.45. The lowest BCUT2D eigenvalue weighted by atomic mass is 10.3. The Balaban J connectivity index is 2.36. The van der Waals surface area contributed by atoms with Gasteiger partial charge in [-0.15, -0.1) is 0 Å². The summed E-state index contributed by atoms with van der Waals surface area (Å²) in [6.07, 6.45) is -4.59. The van der Waals surface area contributed by atoms with Crippen LogP contribution in [0, 0.1) is 5.82 Å². The lowest BCUT2D eigenvalue weighted by Gasteiger charge is -2.11. The smallest absolute Gasteiger partial charge is 0.357 e. The molecule has 0 atom stereocenters. The number of nitrogens with zero attached hydrogens (tertiary/aromatic N) is 2. The summed E-state index contributed by atoms with van der Waals surface area (Å²) in [5.41, 5.74) is -0.692. The van der Waals surface area contributed by atoms with Gasteiger partial charge in [0.2, 0.25) is 5.95 Å². The van der Waals surface area contributed by atoms with E-state index in [9.17, 15) is 17.6 Å². The zero-order valence-corrected chi connectivity index (χ0v) is 12.2. The molecule has 0 saturated carbocycles. The topological polar surface area (TPSA) is 49.8 Å². The van der Waals surface area contributed by atoms with E-state index in [0.717, 1.165) is 6.07 Å². The lowest BCUT2D eigenvalue weighted by molar-refractivity contribution is -0.141. The Morgan fingerprint density at radius 1 is 1.14 bits per heavy atom. The molecule has 0 bridgehead atoms. The molecule has 1 heterocycles. The number of anilines is 3. The van der Waals surface area contributed by atoms with Crippen LogP contribution in [0.5, 0.6) is 0 Å². The number of nitrogens with one attached hydrogen (secondary N) is 2. The molecule has 0 aliphatic carbocycles. The number of hydrogen-bond donors (Lipinski definition) is 2. The highest BCUT2D eigenvalue weighted by atomic mass is 79.9. The molecule has 0 aliphatic rings. The van der Waals surface area contributed by atoms with Crippen LogP contribution >= 0.6 is 15.9 Å². The molecule has 0 unspecified atom stereocenters. The largest absolute Gasteiger partial charge is 0.433 e. The van der Waals surface area contributed by atoms with Crippen molar-refractivity contribution in [2.45, 2.75) is 6.18 Å². The van der Waals surface area contributed by atoms with Crippen molar-refractivity contribution in [2.24, 2.45) is 0 Å². The van der Waals surface area contributed by atoms with E-state index in [0.29, 0.717) is 5.69 Å². The lowest BCUT2D eigenvalue weighted by Crippen LogP contribution is -2.12. The molecule has 9 heteroatoms. The third kappa shape index (κ3) is 3.81. The minimum Gasteiger partial charge on any atom is -0.357 e. The number of alkyl halides is 3. The third-order valence-corrected chi connectivity index (χ3v) is 3.04. The Labute approximate surface area is 125 Å². The standard InChI is InChI=1S/C12H9BrF4N4/c1-18-11-20-9(12(15,16)17)5-10(21-11)19-6-2-3-8(14)7(13)4-6/h2-5H,1H3,(H2,18,19,20,21). The van der Waals surface area contributed by atoms with Gasteiger partial charge in [-0.05, 0) is 34.1 Å². The Hall–Kier alpha value is -1.90. The van der Waals surface area contributed by atoms with Crippen LogP contribution in [0.4, 0.5) is 35.0 Å². The minimum atomic E-state index is -4.59. The Kier molecular flexibility index (Phi) is 4.31. The monoisotopic (exact) mass is 364 g/mol. The average Bonchev–Trinajstić information content (AvgIpc) is 2.41. The van der Waals surface area contributed by atoms with Gasteiger partial charge in [-0.3, -0.25) is 0 Å². The summed E-state index contributed by atoms with van der Waals surface area (Å²) in [6.45, 7) is 0. The van der Waals surface area contributed by atoms with E-state index in [1.54, 1.807) is 0 Å². The van der Waals surface area contributed by atoms with Crippen LogP contribution in [0.1, 0.15) is 5.69 Å². The van der Waals surface area contributed by atoms with Crippen LogP contribution in [0.2, 0.25) is 0 Å². The van der Waals surface area contributed by atoms with E-state index in [2.05, 4.69) is 36.5 Å². The molecule has 0 radical (unpaired) electrons. The van der Waals surface area contributed by atoms with E-state index in [1.807, 2.05) is 0 Å². The van der Waals surface area contributed by atoms with Gasteiger partial charge in [0.1, 0.15) is 11.6 Å². The van der Waals surface area contributed by atoms with Gasteiger partial charge in [0.25, 0.3) is 0 Å². The molecule has 0 spiro atoms. The molecule has 1 aromatic heterocycles. The van der Waals surface area contributed by atoms with Crippen LogP contribution < -0.4 is 10.6 Å². The quantitative estimate of drug-likeness (QED) is 0.802. The van der Waals surface area contributed by atoms with E-state index in [1.165, 1.54) is 25.2 Å². The first kappa shape index (κ1) is 15.5. The highest BCUT2D eigenvalue weighted by molar-refractivity contribution is 9.10. The van der Waals surface area contributed by atoms with Crippen molar-refractivity contribution in [1.82, 2.24) is 9.97 Å². The van der Waals surface area contributed by atoms with Crippen LogP contribution in [0.3, 0.4) is 0 Å². The highest BCUT2D eigenvalue weighted by Crippen LogP contribution is 2.30. The van der Waals surface area contributed by atoms with Gasteiger partial charge < -0.3 is 10.6 Å². The van der Waals surface area contributed by atoms with Crippen molar-refractivity contribution >= 4 is 33.4 Å². The van der Waals surface area contributed by atoms with Gasteiger partial charge in [0.15, 0.2) is 5.69 Å². The van der Waals surface area contributed by atoms with Crippen LogP contribution in [-0.4, -0.2) is 17.0 Å². The molecule has 0 amide bonds. The summed E-state index contributed by atoms with van der Waals surface area (Å²) in [7, 11) is 1.41. The number of benzene rings is 1. The van der Waals surface area contributed by atoms with Gasteiger partial charge in [-0.25, -0.2) is 9.37 Å². The van der Waals surface area contributed by atoms with Crippen molar-refractivity contribution in [2.75, 3.05) is 17.7 Å². The molecular formula is C12H9BrF4N4. The third-order valence-electron chi connectivity index (χ3n) is 2.43. The van der Waals surface area contributed by atoms with Crippen LogP contribution in [-0.2, 0) is 6.18 Å². The predicted molar refractivity (Wildman–Crippen MR) is 74.0 cm³/mol. The van der Waals surface area contributed by atoms with E-state index < -0.39 is 17.7 Å². The molecule has 0 saturated heterocycles. The number of aromatic nitrogens is 2. The normalized spacial score (nSPS) is 11.3. The fourth-order valence-corrected chi connectivity index (χ4v) is 1.87. The number of halogens is 5. The predicted octanol–water partition coefficient (Wildman–Crippen LogP) is 4.18. The number of rotatable bonds is 3. The second kappa shape index (κ2) is 5.84. The maximum Gasteiger partial charge on any atom is 0.433 e. The molecule has 21 heavy (non-hydrogen) atoms. The summed E-state index contributed by atoms with van der Waals surface area (Å²) in [6, 6.07) is 4.73. The second-order valence-corrected chi connectivity index (χ2v) is 4.82. The number of hydrogen-bond acceptors (Lipinski definition) is 4. The molecule has 1 aromatic carbocycles. The van der Waals surface area contributed by atoms with Gasteiger partial charge in [0.05, 0.1) is 4.47 Å². The summed E-state index contributed by atoms with van der Waals surface area (Å²) in [5, 5.41) is 5.13. The molecule has 112 valence electrons. The Bertz CT molecular complexity index is 660. The van der Waals surface area contributed by atoms with Crippen LogP contribution in [0.25, 0.3) is 0 Å². The molecule has 2 aromatic rings. The van der Waals surface area contributed by atoms with Gasteiger partial charge in [0, 0.05) is 18.8 Å². The van der Waals surface area contributed by atoms with Gasteiger partial charge in [-0.2, -0.15) is 18.2 Å². The molecule has 0 fully saturated rings.